The van der Waals surface area contributed by atoms with E-state index in [2.05, 4.69) is 0 Å². The van der Waals surface area contributed by atoms with Crippen LogP contribution in [0.1, 0.15) is 22.8 Å². The lowest BCUT2D eigenvalue weighted by atomic mass is 10.0. The Morgan fingerprint density at radius 3 is 2.47 bits per heavy atom. The van der Waals surface area contributed by atoms with Gasteiger partial charge in [0.15, 0.2) is 5.78 Å². The van der Waals surface area contributed by atoms with Crippen molar-refractivity contribution in [1.82, 2.24) is 0 Å². The molecule has 0 aliphatic carbocycles. The number of ketones is 1. The number of benzene rings is 2. The summed E-state index contributed by atoms with van der Waals surface area (Å²) in [6.07, 6.45) is 2.00. The Hall–Kier alpha value is -1.74. The highest BCUT2D eigenvalue weighted by molar-refractivity contribution is 7.98. The number of carbonyl (C=O) groups excluding carboxylic acids is 1. The first-order valence-corrected chi connectivity index (χ1v) is 7.38. The summed E-state index contributed by atoms with van der Waals surface area (Å²) in [4.78, 5) is 13.4. The summed E-state index contributed by atoms with van der Waals surface area (Å²) in [6, 6.07) is 14.9. The first kappa shape index (κ1) is 13.7. The van der Waals surface area contributed by atoms with Gasteiger partial charge < -0.3 is 4.74 Å². The van der Waals surface area contributed by atoms with Crippen molar-refractivity contribution in [2.75, 3.05) is 12.9 Å². The van der Waals surface area contributed by atoms with E-state index in [1.165, 1.54) is 0 Å². The normalized spacial score (nSPS) is 10.2. The zero-order valence-corrected chi connectivity index (χ0v) is 11.9. The Balaban J connectivity index is 2.22. The summed E-state index contributed by atoms with van der Waals surface area (Å²) in [5.41, 5.74) is 1.40. The lowest BCUT2D eigenvalue weighted by Crippen LogP contribution is -2.01. The van der Waals surface area contributed by atoms with Gasteiger partial charge in [-0.25, -0.2) is 0 Å². The maximum absolute atomic E-state index is 12.3. The third-order valence-corrected chi connectivity index (χ3v) is 3.48. The van der Waals surface area contributed by atoms with Crippen LogP contribution in [0, 0.1) is 0 Å². The van der Waals surface area contributed by atoms with Crippen LogP contribution in [0.25, 0.3) is 0 Å². The summed E-state index contributed by atoms with van der Waals surface area (Å²) < 4.78 is 5.37. The molecule has 0 saturated carbocycles. The second kappa shape index (κ2) is 6.43. The number of carbonyl (C=O) groups is 1. The number of rotatable bonds is 5. The van der Waals surface area contributed by atoms with Gasteiger partial charge in [0, 0.05) is 16.0 Å². The van der Waals surface area contributed by atoms with Gasteiger partial charge in [-0.05, 0) is 49.6 Å². The predicted molar refractivity (Wildman–Crippen MR) is 79.3 cm³/mol. The van der Waals surface area contributed by atoms with Gasteiger partial charge in [-0.15, -0.1) is 11.8 Å². The first-order valence-electron chi connectivity index (χ1n) is 6.16. The van der Waals surface area contributed by atoms with E-state index in [0.717, 1.165) is 16.2 Å². The van der Waals surface area contributed by atoms with E-state index in [1.807, 2.05) is 49.6 Å². The van der Waals surface area contributed by atoms with Crippen molar-refractivity contribution in [3.05, 3.63) is 59.7 Å². The maximum Gasteiger partial charge on any atom is 0.193 e. The van der Waals surface area contributed by atoms with Crippen LogP contribution >= 0.6 is 11.8 Å². The summed E-state index contributed by atoms with van der Waals surface area (Å²) >= 11 is 1.63. The molecule has 0 bridgehead atoms. The number of ether oxygens (including phenoxy) is 1. The third-order valence-electron chi connectivity index (χ3n) is 2.76. The fourth-order valence-corrected chi connectivity index (χ4v) is 2.26. The SMILES string of the molecule is CCOc1ccc(C(=O)c2cccc(SC)c2)cc1. The molecule has 0 saturated heterocycles. The number of hydrogen-bond acceptors (Lipinski definition) is 3. The predicted octanol–water partition coefficient (Wildman–Crippen LogP) is 4.04. The summed E-state index contributed by atoms with van der Waals surface area (Å²) in [7, 11) is 0. The summed E-state index contributed by atoms with van der Waals surface area (Å²) in [5.74, 6) is 0.830. The number of hydrogen-bond donors (Lipinski definition) is 0. The van der Waals surface area contributed by atoms with Gasteiger partial charge in [0.2, 0.25) is 0 Å². The van der Waals surface area contributed by atoms with E-state index < -0.39 is 0 Å². The zero-order chi connectivity index (χ0) is 13.7. The second-order valence-corrected chi connectivity index (χ2v) is 4.90. The molecule has 0 aromatic heterocycles. The molecule has 0 unspecified atom stereocenters. The highest BCUT2D eigenvalue weighted by atomic mass is 32.2. The number of thioether (sulfide) groups is 1. The van der Waals surface area contributed by atoms with Crippen LogP contribution < -0.4 is 4.74 Å². The maximum atomic E-state index is 12.3. The van der Waals surface area contributed by atoms with E-state index in [-0.39, 0.29) is 5.78 Å². The average Bonchev–Trinajstić information content (AvgIpc) is 2.48. The summed E-state index contributed by atoms with van der Waals surface area (Å²) in [5, 5.41) is 0. The molecular weight excluding hydrogens is 256 g/mol. The Morgan fingerprint density at radius 1 is 1.11 bits per heavy atom. The van der Waals surface area contributed by atoms with Crippen LogP contribution in [-0.2, 0) is 0 Å². The minimum atomic E-state index is 0.0407. The van der Waals surface area contributed by atoms with Crippen molar-refractivity contribution < 1.29 is 9.53 Å². The smallest absolute Gasteiger partial charge is 0.193 e. The minimum Gasteiger partial charge on any atom is -0.494 e. The zero-order valence-electron chi connectivity index (χ0n) is 11.1. The largest absolute Gasteiger partial charge is 0.494 e. The Bertz CT molecular complexity index is 561. The lowest BCUT2D eigenvalue weighted by Gasteiger charge is -2.05. The molecule has 0 aliphatic heterocycles. The molecule has 0 amide bonds. The van der Waals surface area contributed by atoms with Gasteiger partial charge in [-0.1, -0.05) is 12.1 Å². The summed E-state index contributed by atoms with van der Waals surface area (Å²) in [6.45, 7) is 2.57. The van der Waals surface area contributed by atoms with E-state index >= 15 is 0 Å². The molecule has 0 N–H and O–H groups in total. The van der Waals surface area contributed by atoms with E-state index in [0.29, 0.717) is 12.2 Å². The molecule has 0 spiro atoms. The highest BCUT2D eigenvalue weighted by Crippen LogP contribution is 2.19. The fourth-order valence-electron chi connectivity index (χ4n) is 1.80. The van der Waals surface area contributed by atoms with Crippen molar-refractivity contribution in [1.29, 1.82) is 0 Å². The molecule has 0 fully saturated rings. The molecule has 0 atom stereocenters. The molecule has 98 valence electrons. The quantitative estimate of drug-likeness (QED) is 0.607. The first-order chi connectivity index (χ1) is 9.24. The van der Waals surface area contributed by atoms with E-state index in [9.17, 15) is 4.79 Å². The highest BCUT2D eigenvalue weighted by Gasteiger charge is 2.09. The second-order valence-electron chi connectivity index (χ2n) is 4.02. The molecule has 2 aromatic rings. The molecule has 0 heterocycles. The van der Waals surface area contributed by atoms with Crippen molar-refractivity contribution in [3.63, 3.8) is 0 Å². The van der Waals surface area contributed by atoms with Gasteiger partial charge >= 0.3 is 0 Å². The van der Waals surface area contributed by atoms with Gasteiger partial charge in [-0.3, -0.25) is 4.79 Å². The van der Waals surface area contributed by atoms with Crippen LogP contribution in [0.5, 0.6) is 5.75 Å². The molecule has 3 heteroatoms. The van der Waals surface area contributed by atoms with Gasteiger partial charge in [-0.2, -0.15) is 0 Å². The van der Waals surface area contributed by atoms with Crippen molar-refractivity contribution in [2.24, 2.45) is 0 Å². The molecular formula is C16H16O2S. The Labute approximate surface area is 117 Å². The molecule has 19 heavy (non-hydrogen) atoms. The molecule has 2 rings (SSSR count). The monoisotopic (exact) mass is 272 g/mol. The molecule has 2 nitrogen and oxygen atoms in total. The molecule has 2 aromatic carbocycles. The average molecular weight is 272 g/mol. The molecule has 0 aliphatic rings. The van der Waals surface area contributed by atoms with Crippen LogP contribution in [0.2, 0.25) is 0 Å². The van der Waals surface area contributed by atoms with Crippen molar-refractivity contribution >= 4 is 17.5 Å². The van der Waals surface area contributed by atoms with Crippen LogP contribution in [0.4, 0.5) is 0 Å². The van der Waals surface area contributed by atoms with Gasteiger partial charge in [0.25, 0.3) is 0 Å². The van der Waals surface area contributed by atoms with Crippen LogP contribution in [0.3, 0.4) is 0 Å². The topological polar surface area (TPSA) is 26.3 Å². The van der Waals surface area contributed by atoms with Gasteiger partial charge in [0.1, 0.15) is 5.75 Å². The van der Waals surface area contributed by atoms with Gasteiger partial charge in [0.05, 0.1) is 6.61 Å². The van der Waals surface area contributed by atoms with Crippen molar-refractivity contribution in [3.8, 4) is 5.75 Å². The lowest BCUT2D eigenvalue weighted by molar-refractivity contribution is 0.103. The minimum absolute atomic E-state index is 0.0407. The standard InChI is InChI=1S/C16H16O2S/c1-3-18-14-9-7-12(8-10-14)16(17)13-5-4-6-15(11-13)19-2/h4-11H,3H2,1-2H3. The van der Waals surface area contributed by atoms with Crippen LogP contribution in [0.15, 0.2) is 53.4 Å². The fraction of sp³-hybridized carbons (Fsp3) is 0.188. The third kappa shape index (κ3) is 3.38. The van der Waals surface area contributed by atoms with E-state index in [4.69, 9.17) is 4.74 Å². The van der Waals surface area contributed by atoms with Crippen molar-refractivity contribution in [2.45, 2.75) is 11.8 Å². The van der Waals surface area contributed by atoms with E-state index in [1.54, 1.807) is 23.9 Å². The Morgan fingerprint density at radius 2 is 1.84 bits per heavy atom. The molecule has 0 radical (unpaired) electrons. The Kier molecular flexibility index (Phi) is 4.63. The van der Waals surface area contributed by atoms with Crippen LogP contribution in [-0.4, -0.2) is 18.6 Å².